The molecule has 2 saturated heterocycles. The lowest BCUT2D eigenvalue weighted by Crippen LogP contribution is -2.52. The predicted octanol–water partition coefficient (Wildman–Crippen LogP) is 1.99. The summed E-state index contributed by atoms with van der Waals surface area (Å²) in [6, 6.07) is 12.6. The maximum absolute atomic E-state index is 13.6. The lowest BCUT2D eigenvalue weighted by Gasteiger charge is -2.35. The molecule has 6 rings (SSSR count). The number of carbonyl (C=O) groups excluding carboxylic acids is 2. The number of fused-ring (bicyclic) bond motifs is 6. The van der Waals surface area contributed by atoms with Gasteiger partial charge in [0.1, 0.15) is 23.5 Å². The Kier molecular flexibility index (Phi) is 4.36. The average Bonchev–Trinajstić information content (AvgIpc) is 3.38. The number of benzene rings is 2. The molecule has 2 N–H and O–H groups in total. The Morgan fingerprint density at radius 2 is 1.77 bits per heavy atom. The maximum Gasteiger partial charge on any atom is 0.330 e. The van der Waals surface area contributed by atoms with Crippen molar-refractivity contribution < 1.29 is 24.6 Å². The van der Waals surface area contributed by atoms with Gasteiger partial charge >= 0.3 is 5.97 Å². The van der Waals surface area contributed by atoms with Crippen LogP contribution in [0.1, 0.15) is 50.7 Å². The van der Waals surface area contributed by atoms with Crippen molar-refractivity contribution in [2.75, 3.05) is 4.90 Å². The van der Waals surface area contributed by atoms with E-state index in [1.807, 2.05) is 0 Å². The molecular weight excluding hydrogens is 452 g/mol. The molecule has 0 radical (unpaired) electrons. The molecule has 0 unspecified atom stereocenters. The third kappa shape index (κ3) is 2.64. The summed E-state index contributed by atoms with van der Waals surface area (Å²) in [5.41, 5.74) is -1.62. The molecule has 4 heterocycles. The number of aliphatic hydroxyl groups is 1. The van der Waals surface area contributed by atoms with Gasteiger partial charge in [-0.1, -0.05) is 30.3 Å². The van der Waals surface area contributed by atoms with Gasteiger partial charge in [-0.2, -0.15) is 0 Å². The normalized spacial score (nSPS) is 28.0. The number of carbonyl (C=O) groups is 2. The minimum Gasteiger partial charge on any atom is -0.449 e. The standard InChI is InChI=1S/C25H24N4O6/c1-13(30)19-26-16-10-6-4-8-14(16)20(31)27(19)18-12-25(35-21(18)32)15-9-5-7-11-17(15)28-22(25)29(34)24(2,3)23(28)33/h4-11,13,18,22,30,34H,12H2,1-3H3/t13-,18+,22-,25-/m0/s1. The van der Waals surface area contributed by atoms with Crippen LogP contribution in [-0.4, -0.2) is 48.5 Å². The first-order valence-electron chi connectivity index (χ1n) is 11.4. The third-order valence-corrected chi connectivity index (χ3v) is 7.40. The highest BCUT2D eigenvalue weighted by atomic mass is 16.6. The molecule has 35 heavy (non-hydrogen) atoms. The number of nitrogens with zero attached hydrogens (tertiary/aromatic N) is 4. The van der Waals surface area contributed by atoms with Crippen LogP contribution in [0.2, 0.25) is 0 Å². The van der Waals surface area contributed by atoms with Crippen molar-refractivity contribution in [3.63, 3.8) is 0 Å². The molecule has 3 aromatic rings. The molecule has 0 bridgehead atoms. The van der Waals surface area contributed by atoms with Crippen LogP contribution in [0.3, 0.4) is 0 Å². The van der Waals surface area contributed by atoms with E-state index in [1.54, 1.807) is 62.4 Å². The Morgan fingerprint density at radius 3 is 2.51 bits per heavy atom. The lowest BCUT2D eigenvalue weighted by molar-refractivity contribution is -0.209. The first-order valence-corrected chi connectivity index (χ1v) is 11.4. The first-order chi connectivity index (χ1) is 16.6. The zero-order valence-corrected chi connectivity index (χ0v) is 19.4. The minimum absolute atomic E-state index is 0.0376. The Morgan fingerprint density at radius 1 is 1.09 bits per heavy atom. The van der Waals surface area contributed by atoms with Gasteiger partial charge in [-0.25, -0.2) is 9.78 Å². The van der Waals surface area contributed by atoms with Crippen LogP contribution in [0, 0.1) is 0 Å². The molecule has 2 fully saturated rings. The van der Waals surface area contributed by atoms with Crippen molar-refractivity contribution in [1.82, 2.24) is 14.6 Å². The highest BCUT2D eigenvalue weighted by Crippen LogP contribution is 2.58. The number of ether oxygens (including phenoxy) is 1. The van der Waals surface area contributed by atoms with Gasteiger partial charge in [0.05, 0.1) is 16.6 Å². The Labute approximate surface area is 199 Å². The van der Waals surface area contributed by atoms with Crippen LogP contribution in [0.25, 0.3) is 10.9 Å². The number of hydrogen-bond donors (Lipinski definition) is 2. The van der Waals surface area contributed by atoms with Gasteiger partial charge in [-0.05, 0) is 39.0 Å². The summed E-state index contributed by atoms with van der Waals surface area (Å²) in [5, 5.41) is 22.8. The topological polar surface area (TPSA) is 125 Å². The van der Waals surface area contributed by atoms with Crippen molar-refractivity contribution in [2.24, 2.45) is 0 Å². The number of aromatic nitrogens is 2. The summed E-state index contributed by atoms with van der Waals surface area (Å²) in [7, 11) is 0. The van der Waals surface area contributed by atoms with E-state index in [0.717, 1.165) is 5.06 Å². The van der Waals surface area contributed by atoms with Gasteiger partial charge in [0.25, 0.3) is 11.5 Å². The quantitative estimate of drug-likeness (QED) is 0.538. The van der Waals surface area contributed by atoms with Crippen molar-refractivity contribution in [3.05, 3.63) is 70.3 Å². The monoisotopic (exact) mass is 476 g/mol. The van der Waals surface area contributed by atoms with E-state index in [0.29, 0.717) is 22.2 Å². The predicted molar refractivity (Wildman–Crippen MR) is 123 cm³/mol. The highest BCUT2D eigenvalue weighted by Gasteiger charge is 2.70. The first kappa shape index (κ1) is 21.9. The molecule has 1 spiro atoms. The molecule has 0 aliphatic carbocycles. The van der Waals surface area contributed by atoms with Gasteiger partial charge in [0.2, 0.25) is 0 Å². The molecule has 180 valence electrons. The molecule has 2 aromatic carbocycles. The molecule has 3 aliphatic rings. The number of hydroxylamine groups is 2. The van der Waals surface area contributed by atoms with E-state index in [-0.39, 0.29) is 18.2 Å². The number of para-hydroxylation sites is 2. The third-order valence-electron chi connectivity index (χ3n) is 7.40. The smallest absolute Gasteiger partial charge is 0.330 e. The van der Waals surface area contributed by atoms with Gasteiger partial charge in [0.15, 0.2) is 11.8 Å². The summed E-state index contributed by atoms with van der Waals surface area (Å²) >= 11 is 0. The second kappa shape index (κ2) is 6.97. The summed E-state index contributed by atoms with van der Waals surface area (Å²) in [5.74, 6) is -0.990. The summed E-state index contributed by atoms with van der Waals surface area (Å²) in [4.78, 5) is 46.2. The number of esters is 1. The fourth-order valence-corrected chi connectivity index (χ4v) is 5.69. The van der Waals surface area contributed by atoms with Crippen molar-refractivity contribution in [3.8, 4) is 0 Å². The second-order valence-corrected chi connectivity index (χ2v) is 9.84. The van der Waals surface area contributed by atoms with Gasteiger partial charge < -0.3 is 15.1 Å². The molecule has 0 saturated carbocycles. The lowest BCUT2D eigenvalue weighted by atomic mass is 9.88. The van der Waals surface area contributed by atoms with E-state index < -0.39 is 41.0 Å². The fraction of sp³-hybridized carbons (Fsp3) is 0.360. The number of hydrogen-bond acceptors (Lipinski definition) is 8. The highest BCUT2D eigenvalue weighted by molar-refractivity contribution is 6.05. The van der Waals surface area contributed by atoms with Crippen molar-refractivity contribution in [2.45, 2.75) is 56.6 Å². The van der Waals surface area contributed by atoms with Crippen LogP contribution in [0.4, 0.5) is 5.69 Å². The molecule has 1 aromatic heterocycles. The SMILES string of the molecule is C[C@H](O)c1nc2ccccc2c(=O)n1[C@@H]1C[C@]2(OC1=O)c1ccccc1N1C(=O)C(C)(C)N(O)[C@H]12. The molecule has 4 atom stereocenters. The number of rotatable bonds is 2. The van der Waals surface area contributed by atoms with E-state index in [4.69, 9.17) is 4.74 Å². The molecule has 3 aliphatic heterocycles. The maximum atomic E-state index is 13.6. The van der Waals surface area contributed by atoms with Crippen LogP contribution < -0.4 is 10.5 Å². The largest absolute Gasteiger partial charge is 0.449 e. The van der Waals surface area contributed by atoms with Crippen LogP contribution in [0.5, 0.6) is 0 Å². The van der Waals surface area contributed by atoms with Crippen LogP contribution in [0.15, 0.2) is 53.3 Å². The Balaban J connectivity index is 1.56. The second-order valence-electron chi connectivity index (χ2n) is 9.84. The minimum atomic E-state index is -1.42. The zero-order chi connectivity index (χ0) is 24.9. The van der Waals surface area contributed by atoms with E-state index >= 15 is 0 Å². The van der Waals surface area contributed by atoms with Gasteiger partial charge in [-0.3, -0.25) is 19.1 Å². The van der Waals surface area contributed by atoms with Crippen LogP contribution in [-0.2, 0) is 19.9 Å². The van der Waals surface area contributed by atoms with E-state index in [9.17, 15) is 24.7 Å². The molecular formula is C25H24N4O6. The summed E-state index contributed by atoms with van der Waals surface area (Å²) in [6.07, 6.45) is -2.18. The fourth-order valence-electron chi connectivity index (χ4n) is 5.69. The Hall–Kier alpha value is -3.60. The van der Waals surface area contributed by atoms with Crippen molar-refractivity contribution in [1.29, 1.82) is 0 Å². The molecule has 10 heteroatoms. The summed E-state index contributed by atoms with van der Waals surface area (Å²) < 4.78 is 7.22. The van der Waals surface area contributed by atoms with Crippen molar-refractivity contribution >= 4 is 28.5 Å². The average molecular weight is 476 g/mol. The van der Waals surface area contributed by atoms with E-state index in [2.05, 4.69) is 4.98 Å². The van der Waals surface area contributed by atoms with Gasteiger partial charge in [0, 0.05) is 12.0 Å². The number of aliphatic hydroxyl groups excluding tert-OH is 1. The van der Waals surface area contributed by atoms with Crippen LogP contribution >= 0.6 is 0 Å². The molecule has 10 nitrogen and oxygen atoms in total. The zero-order valence-electron chi connectivity index (χ0n) is 19.4. The number of amides is 1. The van der Waals surface area contributed by atoms with E-state index in [1.165, 1.54) is 16.4 Å². The number of anilines is 1. The Bertz CT molecular complexity index is 1480. The molecule has 1 amide bonds. The summed E-state index contributed by atoms with van der Waals surface area (Å²) in [6.45, 7) is 4.67. The van der Waals surface area contributed by atoms with Gasteiger partial charge in [-0.15, -0.1) is 5.06 Å².